The molecule has 1 aliphatic rings. The molecule has 0 aliphatic carbocycles. The summed E-state index contributed by atoms with van der Waals surface area (Å²) in [5, 5.41) is 9.06. The van der Waals surface area contributed by atoms with Crippen molar-refractivity contribution < 1.29 is 14.3 Å². The Kier molecular flexibility index (Phi) is 3.14. The Balaban J connectivity index is 1.91. The number of fused-ring (bicyclic) bond motifs is 1. The van der Waals surface area contributed by atoms with Gasteiger partial charge in [-0.05, 0) is 30.2 Å². The number of hydrogen-bond acceptors (Lipinski definition) is 2. The van der Waals surface area contributed by atoms with Gasteiger partial charge in [0.05, 0.1) is 5.56 Å². The van der Waals surface area contributed by atoms with Gasteiger partial charge >= 0.3 is 5.97 Å². The van der Waals surface area contributed by atoms with Crippen LogP contribution in [0, 0.1) is 5.82 Å². The molecule has 0 atom stereocenters. The van der Waals surface area contributed by atoms with Crippen LogP contribution in [0.2, 0.25) is 0 Å². The second-order valence-electron chi connectivity index (χ2n) is 4.91. The second-order valence-corrected chi connectivity index (χ2v) is 4.91. The first-order valence-corrected chi connectivity index (χ1v) is 6.50. The van der Waals surface area contributed by atoms with Crippen molar-refractivity contribution >= 4 is 11.7 Å². The molecular weight excluding hydrogens is 257 g/mol. The zero-order valence-corrected chi connectivity index (χ0v) is 10.8. The molecule has 0 saturated carbocycles. The largest absolute Gasteiger partial charge is 0.478 e. The van der Waals surface area contributed by atoms with Crippen LogP contribution in [0.15, 0.2) is 42.5 Å². The van der Waals surface area contributed by atoms with E-state index in [4.69, 9.17) is 5.11 Å². The normalized spacial score (nSPS) is 13.3. The lowest BCUT2D eigenvalue weighted by molar-refractivity contribution is 0.0697. The topological polar surface area (TPSA) is 40.5 Å². The Hall–Kier alpha value is -2.36. The van der Waals surface area contributed by atoms with Gasteiger partial charge in [0.2, 0.25) is 0 Å². The maximum atomic E-state index is 13.7. The van der Waals surface area contributed by atoms with Crippen molar-refractivity contribution in [1.29, 1.82) is 0 Å². The number of aromatic carboxylic acids is 1. The lowest BCUT2D eigenvalue weighted by Gasteiger charge is -2.20. The average molecular weight is 271 g/mol. The van der Waals surface area contributed by atoms with Crippen LogP contribution < -0.4 is 4.90 Å². The molecule has 102 valence electrons. The summed E-state index contributed by atoms with van der Waals surface area (Å²) in [5.41, 5.74) is 2.91. The fraction of sp³-hybridized carbons (Fsp3) is 0.188. The molecular formula is C16H14FNO2. The molecule has 4 heteroatoms. The first kappa shape index (κ1) is 12.7. The fourth-order valence-corrected chi connectivity index (χ4v) is 2.58. The van der Waals surface area contributed by atoms with Crippen LogP contribution in [0.5, 0.6) is 0 Å². The first-order valence-electron chi connectivity index (χ1n) is 6.50. The third-order valence-electron chi connectivity index (χ3n) is 3.64. The summed E-state index contributed by atoms with van der Waals surface area (Å²) in [7, 11) is 0. The minimum absolute atomic E-state index is 0.227. The van der Waals surface area contributed by atoms with Crippen molar-refractivity contribution in [2.75, 3.05) is 11.4 Å². The second kappa shape index (κ2) is 4.96. The Morgan fingerprint density at radius 3 is 2.80 bits per heavy atom. The molecule has 0 bridgehead atoms. The maximum absolute atomic E-state index is 13.7. The molecule has 0 saturated heterocycles. The van der Waals surface area contributed by atoms with Gasteiger partial charge in [0, 0.05) is 24.3 Å². The lowest BCUT2D eigenvalue weighted by Crippen LogP contribution is -2.20. The molecule has 0 aromatic heterocycles. The SMILES string of the molecule is O=C(O)c1ccc2c(c1)N(Cc1ccccc1F)CC2. The van der Waals surface area contributed by atoms with Crippen LogP contribution in [-0.4, -0.2) is 17.6 Å². The molecule has 1 aliphatic heterocycles. The highest BCUT2D eigenvalue weighted by Crippen LogP contribution is 2.30. The van der Waals surface area contributed by atoms with E-state index >= 15 is 0 Å². The maximum Gasteiger partial charge on any atom is 0.335 e. The van der Waals surface area contributed by atoms with Gasteiger partial charge in [0.25, 0.3) is 0 Å². The number of halogens is 1. The van der Waals surface area contributed by atoms with Crippen LogP contribution >= 0.6 is 0 Å². The highest BCUT2D eigenvalue weighted by atomic mass is 19.1. The molecule has 20 heavy (non-hydrogen) atoms. The molecule has 2 aromatic carbocycles. The van der Waals surface area contributed by atoms with Gasteiger partial charge < -0.3 is 10.0 Å². The van der Waals surface area contributed by atoms with E-state index in [0.29, 0.717) is 12.1 Å². The van der Waals surface area contributed by atoms with Gasteiger partial charge in [-0.2, -0.15) is 0 Å². The number of carboxylic acids is 1. The first-order chi connectivity index (χ1) is 9.65. The van der Waals surface area contributed by atoms with Crippen LogP contribution in [0.4, 0.5) is 10.1 Å². The van der Waals surface area contributed by atoms with Crippen molar-refractivity contribution in [2.24, 2.45) is 0 Å². The van der Waals surface area contributed by atoms with Crippen molar-refractivity contribution in [3.63, 3.8) is 0 Å². The Morgan fingerprint density at radius 1 is 1.25 bits per heavy atom. The summed E-state index contributed by atoms with van der Waals surface area (Å²) in [6, 6.07) is 11.8. The molecule has 1 heterocycles. The van der Waals surface area contributed by atoms with Crippen LogP contribution in [0.25, 0.3) is 0 Å². The molecule has 3 nitrogen and oxygen atoms in total. The Morgan fingerprint density at radius 2 is 2.05 bits per heavy atom. The van der Waals surface area contributed by atoms with E-state index in [1.165, 1.54) is 6.07 Å². The number of carbonyl (C=O) groups is 1. The van der Waals surface area contributed by atoms with E-state index in [0.717, 1.165) is 24.2 Å². The standard InChI is InChI=1S/C16H14FNO2/c17-14-4-2-1-3-13(14)10-18-8-7-11-5-6-12(16(19)20)9-15(11)18/h1-6,9H,7-8,10H2,(H,19,20). The molecule has 0 amide bonds. The van der Waals surface area contributed by atoms with Crippen molar-refractivity contribution in [1.82, 2.24) is 0 Å². The van der Waals surface area contributed by atoms with E-state index in [-0.39, 0.29) is 11.4 Å². The smallest absolute Gasteiger partial charge is 0.335 e. The summed E-state index contributed by atoms with van der Waals surface area (Å²) in [5.74, 6) is -1.17. The minimum Gasteiger partial charge on any atom is -0.478 e. The minimum atomic E-state index is -0.939. The number of benzene rings is 2. The van der Waals surface area contributed by atoms with E-state index in [2.05, 4.69) is 0 Å². The van der Waals surface area contributed by atoms with Gasteiger partial charge in [0.1, 0.15) is 5.82 Å². The predicted molar refractivity (Wildman–Crippen MR) is 74.6 cm³/mol. The lowest BCUT2D eigenvalue weighted by atomic mass is 10.1. The third-order valence-corrected chi connectivity index (χ3v) is 3.64. The number of rotatable bonds is 3. The monoisotopic (exact) mass is 271 g/mol. The summed E-state index contributed by atoms with van der Waals surface area (Å²) in [4.78, 5) is 13.1. The van der Waals surface area contributed by atoms with Crippen LogP contribution in [0.1, 0.15) is 21.5 Å². The van der Waals surface area contributed by atoms with Gasteiger partial charge in [-0.25, -0.2) is 9.18 Å². The summed E-state index contributed by atoms with van der Waals surface area (Å²) in [6.07, 6.45) is 0.865. The highest BCUT2D eigenvalue weighted by Gasteiger charge is 2.21. The third kappa shape index (κ3) is 2.25. The van der Waals surface area contributed by atoms with Crippen LogP contribution in [0.3, 0.4) is 0 Å². The van der Waals surface area contributed by atoms with Gasteiger partial charge in [0.15, 0.2) is 0 Å². The van der Waals surface area contributed by atoms with E-state index in [9.17, 15) is 9.18 Å². The number of anilines is 1. The number of nitrogens with zero attached hydrogens (tertiary/aromatic N) is 1. The van der Waals surface area contributed by atoms with Gasteiger partial charge in [-0.3, -0.25) is 0 Å². The molecule has 2 aromatic rings. The summed E-state index contributed by atoms with van der Waals surface area (Å²) < 4.78 is 13.7. The zero-order chi connectivity index (χ0) is 14.1. The Bertz CT molecular complexity index is 669. The predicted octanol–water partition coefficient (Wildman–Crippen LogP) is 3.09. The Labute approximate surface area is 116 Å². The van der Waals surface area contributed by atoms with E-state index < -0.39 is 5.97 Å². The van der Waals surface area contributed by atoms with Crippen molar-refractivity contribution in [3.05, 3.63) is 65.0 Å². The molecule has 1 N–H and O–H groups in total. The van der Waals surface area contributed by atoms with Crippen molar-refractivity contribution in [3.8, 4) is 0 Å². The summed E-state index contributed by atoms with van der Waals surface area (Å²) in [6.45, 7) is 1.25. The van der Waals surface area contributed by atoms with Gasteiger partial charge in [-0.15, -0.1) is 0 Å². The highest BCUT2D eigenvalue weighted by molar-refractivity contribution is 5.89. The van der Waals surface area contributed by atoms with Crippen molar-refractivity contribution in [2.45, 2.75) is 13.0 Å². The summed E-state index contributed by atoms with van der Waals surface area (Å²) >= 11 is 0. The fourth-order valence-electron chi connectivity index (χ4n) is 2.58. The number of carboxylic acid groups (broad SMARTS) is 1. The quantitative estimate of drug-likeness (QED) is 0.932. The molecule has 0 radical (unpaired) electrons. The van der Waals surface area contributed by atoms with E-state index in [1.54, 1.807) is 24.3 Å². The molecule has 3 rings (SSSR count). The van der Waals surface area contributed by atoms with E-state index in [1.807, 2.05) is 17.0 Å². The molecule has 0 fully saturated rings. The molecule has 0 unspecified atom stereocenters. The van der Waals surface area contributed by atoms with Gasteiger partial charge in [-0.1, -0.05) is 24.3 Å². The van der Waals surface area contributed by atoms with Crippen LogP contribution in [-0.2, 0) is 13.0 Å². The molecule has 0 spiro atoms. The number of hydrogen-bond donors (Lipinski definition) is 1. The average Bonchev–Trinajstić information content (AvgIpc) is 2.84. The zero-order valence-electron chi connectivity index (χ0n) is 10.8.